The molecule has 0 radical (unpaired) electrons. The van der Waals surface area contributed by atoms with E-state index in [0.29, 0.717) is 11.4 Å². The van der Waals surface area contributed by atoms with Crippen molar-refractivity contribution >= 4 is 65.2 Å². The number of nitrogens with two attached hydrogens (primary N) is 1. The average Bonchev–Trinajstić information content (AvgIpc) is 2.66. The highest BCUT2D eigenvalue weighted by atomic mass is 32.2. The summed E-state index contributed by atoms with van der Waals surface area (Å²) in [6.45, 7) is 0. The smallest absolute Gasteiger partial charge is 0.296 e. The fourth-order valence-electron chi connectivity index (χ4n) is 2.58. The second-order valence-electron chi connectivity index (χ2n) is 6.65. The van der Waals surface area contributed by atoms with Crippen molar-refractivity contribution < 1.29 is 34.4 Å². The monoisotopic (exact) mass is 531 g/mol. The van der Waals surface area contributed by atoms with Crippen LogP contribution in [-0.2, 0) is 30.3 Å². The fourth-order valence-corrected chi connectivity index (χ4v) is 4.28. The number of rotatable bonds is 8. The lowest BCUT2D eigenvalue weighted by Crippen LogP contribution is -2.10. The van der Waals surface area contributed by atoms with Crippen LogP contribution in [0.1, 0.15) is 0 Å². The summed E-state index contributed by atoms with van der Waals surface area (Å²) in [6.07, 6.45) is 1.00. The molecule has 2 aromatic carbocycles. The molecule has 182 valence electrons. The molecule has 15 nitrogen and oxygen atoms in total. The van der Waals surface area contributed by atoms with Crippen molar-refractivity contribution in [3.8, 4) is 0 Å². The van der Waals surface area contributed by atoms with Crippen molar-refractivity contribution in [1.29, 1.82) is 0 Å². The molecule has 0 spiro atoms. The van der Waals surface area contributed by atoms with E-state index < -0.39 is 45.7 Å². The molecule has 0 aliphatic carbocycles. The molecular weight excluding hydrogens is 514 g/mol. The summed E-state index contributed by atoms with van der Waals surface area (Å²) in [6, 6.07) is 8.23. The van der Waals surface area contributed by atoms with E-state index >= 15 is 0 Å². The van der Waals surface area contributed by atoms with Gasteiger partial charge in [-0.2, -0.15) is 31.8 Å². The molecule has 3 rings (SSSR count). The van der Waals surface area contributed by atoms with Gasteiger partial charge in [0.2, 0.25) is 27.9 Å². The highest BCUT2D eigenvalue weighted by Crippen LogP contribution is 2.27. The Hall–Kier alpha value is -3.58. The average molecular weight is 532 g/mol. The molecule has 0 aliphatic heterocycles. The number of anilines is 6. The Kier molecular flexibility index (Phi) is 6.62. The van der Waals surface area contributed by atoms with E-state index in [2.05, 4.69) is 30.3 Å². The lowest BCUT2D eigenvalue weighted by Gasteiger charge is -2.12. The third-order valence-corrected chi connectivity index (χ3v) is 6.24. The molecule has 0 bridgehead atoms. The standard InChI is InChI=1S/C16H17N7O8S3/c1-32(24,25)23-10-4-2-9(3-5-10)18-15-20-14(17)21-16(22-15)19-12-8-11(33(26,27)28)6-7-13(12)34(29,30)31/h2-8,23H,1H3,(H,26,27,28)(H,29,30,31)(H4,17,18,19,20,21,22). The lowest BCUT2D eigenvalue weighted by atomic mass is 10.3. The Bertz CT molecular complexity index is 1560. The van der Waals surface area contributed by atoms with E-state index in [0.717, 1.165) is 24.5 Å². The Morgan fingerprint density at radius 1 is 0.765 bits per heavy atom. The Labute approximate surface area is 194 Å². The fraction of sp³-hybridized carbons (Fsp3) is 0.0625. The van der Waals surface area contributed by atoms with Gasteiger partial charge < -0.3 is 16.4 Å². The topological polar surface area (TPSA) is 244 Å². The minimum atomic E-state index is -4.81. The molecule has 0 saturated heterocycles. The highest BCUT2D eigenvalue weighted by Gasteiger charge is 2.21. The summed E-state index contributed by atoms with van der Waals surface area (Å²) in [5.41, 5.74) is 5.92. The van der Waals surface area contributed by atoms with Crippen molar-refractivity contribution in [3.05, 3.63) is 42.5 Å². The quantitative estimate of drug-likeness (QED) is 0.220. The first kappa shape index (κ1) is 25.1. The Balaban J connectivity index is 1.93. The third-order valence-electron chi connectivity index (χ3n) is 3.87. The van der Waals surface area contributed by atoms with Gasteiger partial charge in [0.05, 0.1) is 16.8 Å². The summed E-state index contributed by atoms with van der Waals surface area (Å²) in [4.78, 5) is 10.3. The third kappa shape index (κ3) is 6.71. The molecule has 0 unspecified atom stereocenters. The summed E-state index contributed by atoms with van der Waals surface area (Å²) in [5.74, 6) is -0.754. The van der Waals surface area contributed by atoms with Gasteiger partial charge in [0, 0.05) is 11.4 Å². The minimum absolute atomic E-state index is 0.113. The number of nitrogens with zero attached hydrogens (tertiary/aromatic N) is 3. The second kappa shape index (κ2) is 8.99. The van der Waals surface area contributed by atoms with Gasteiger partial charge in [-0.15, -0.1) is 0 Å². The maximum atomic E-state index is 11.7. The molecule has 0 aliphatic rings. The zero-order valence-corrected chi connectivity index (χ0v) is 19.5. The van der Waals surface area contributed by atoms with E-state index in [1.165, 1.54) is 24.3 Å². The van der Waals surface area contributed by atoms with Gasteiger partial charge >= 0.3 is 0 Å². The molecule has 0 saturated carbocycles. The van der Waals surface area contributed by atoms with Crippen LogP contribution >= 0.6 is 0 Å². The molecule has 34 heavy (non-hydrogen) atoms. The molecule has 18 heteroatoms. The Morgan fingerprint density at radius 3 is 1.85 bits per heavy atom. The minimum Gasteiger partial charge on any atom is -0.368 e. The summed E-state index contributed by atoms with van der Waals surface area (Å²) in [5, 5.41) is 5.20. The molecule has 0 amide bonds. The van der Waals surface area contributed by atoms with Gasteiger partial charge in [-0.1, -0.05) is 0 Å². The van der Waals surface area contributed by atoms with Crippen LogP contribution in [0.5, 0.6) is 0 Å². The van der Waals surface area contributed by atoms with Crippen molar-refractivity contribution in [1.82, 2.24) is 15.0 Å². The predicted molar refractivity (Wildman–Crippen MR) is 122 cm³/mol. The molecule has 3 aromatic rings. The second-order valence-corrected chi connectivity index (χ2v) is 11.2. The molecular formula is C16H17N7O8S3. The first-order chi connectivity index (χ1) is 15.6. The van der Waals surface area contributed by atoms with Gasteiger partial charge in [0.25, 0.3) is 20.2 Å². The summed E-state index contributed by atoms with van der Waals surface area (Å²) >= 11 is 0. The van der Waals surface area contributed by atoms with Gasteiger partial charge in [-0.3, -0.25) is 13.8 Å². The zero-order valence-electron chi connectivity index (χ0n) is 17.0. The molecule has 1 heterocycles. The Morgan fingerprint density at radius 2 is 1.32 bits per heavy atom. The maximum absolute atomic E-state index is 11.7. The van der Waals surface area contributed by atoms with Crippen LogP contribution in [0, 0.1) is 0 Å². The van der Waals surface area contributed by atoms with E-state index in [1.807, 2.05) is 0 Å². The van der Waals surface area contributed by atoms with Crippen molar-refractivity contribution in [2.45, 2.75) is 9.79 Å². The number of hydrogen-bond acceptors (Lipinski definition) is 12. The van der Waals surface area contributed by atoms with E-state index in [4.69, 9.17) is 5.73 Å². The maximum Gasteiger partial charge on any atom is 0.296 e. The van der Waals surface area contributed by atoms with Crippen LogP contribution in [0.4, 0.5) is 34.9 Å². The SMILES string of the molecule is CS(=O)(=O)Nc1ccc(Nc2nc(N)nc(Nc3cc(S(=O)(=O)O)ccc3S(=O)(=O)O)n2)cc1. The van der Waals surface area contributed by atoms with Crippen molar-refractivity contribution in [2.24, 2.45) is 0 Å². The predicted octanol–water partition coefficient (Wildman–Crippen LogP) is 0.806. The summed E-state index contributed by atoms with van der Waals surface area (Å²) in [7, 11) is -13.0. The number of hydrogen-bond donors (Lipinski definition) is 6. The highest BCUT2D eigenvalue weighted by molar-refractivity contribution is 7.92. The molecule has 0 atom stereocenters. The van der Waals surface area contributed by atoms with Crippen LogP contribution in [0.2, 0.25) is 0 Å². The summed E-state index contributed by atoms with van der Waals surface area (Å²) < 4.78 is 89.7. The van der Waals surface area contributed by atoms with Crippen LogP contribution in [-0.4, -0.2) is 55.6 Å². The number of sulfonamides is 1. The van der Waals surface area contributed by atoms with Gasteiger partial charge in [0.15, 0.2) is 0 Å². The molecule has 1 aromatic heterocycles. The van der Waals surface area contributed by atoms with Crippen LogP contribution < -0.4 is 21.1 Å². The first-order valence-electron chi connectivity index (χ1n) is 8.83. The van der Waals surface area contributed by atoms with E-state index in [9.17, 15) is 34.4 Å². The molecule has 7 N–H and O–H groups in total. The number of benzene rings is 2. The largest absolute Gasteiger partial charge is 0.368 e. The first-order valence-corrected chi connectivity index (χ1v) is 13.6. The van der Waals surface area contributed by atoms with Crippen molar-refractivity contribution in [2.75, 3.05) is 27.3 Å². The normalized spacial score (nSPS) is 12.2. The number of aromatic nitrogens is 3. The lowest BCUT2D eigenvalue weighted by molar-refractivity contribution is 0.479. The van der Waals surface area contributed by atoms with Crippen molar-refractivity contribution in [3.63, 3.8) is 0 Å². The van der Waals surface area contributed by atoms with Crippen LogP contribution in [0.3, 0.4) is 0 Å². The van der Waals surface area contributed by atoms with E-state index in [1.54, 1.807) is 0 Å². The van der Waals surface area contributed by atoms with Crippen LogP contribution in [0.25, 0.3) is 0 Å². The van der Waals surface area contributed by atoms with Gasteiger partial charge in [-0.05, 0) is 42.5 Å². The van der Waals surface area contributed by atoms with Crippen LogP contribution in [0.15, 0.2) is 52.3 Å². The molecule has 0 fully saturated rings. The zero-order chi connectivity index (χ0) is 25.3. The van der Waals surface area contributed by atoms with E-state index in [-0.39, 0.29) is 17.8 Å². The van der Waals surface area contributed by atoms with Gasteiger partial charge in [0.1, 0.15) is 4.90 Å². The number of nitrogen functional groups attached to an aromatic ring is 1. The number of nitrogens with one attached hydrogen (secondary N) is 3. The van der Waals surface area contributed by atoms with Gasteiger partial charge in [-0.25, -0.2) is 8.42 Å².